The Kier molecular flexibility index (Phi) is 5.79. The fourth-order valence-electron chi connectivity index (χ4n) is 3.13. The van der Waals surface area contributed by atoms with Crippen LogP contribution in [0.2, 0.25) is 0 Å². The third-order valence-corrected chi connectivity index (χ3v) is 5.57. The molecule has 10 heteroatoms. The second kappa shape index (κ2) is 8.15. The molecule has 30 heavy (non-hydrogen) atoms. The summed E-state index contributed by atoms with van der Waals surface area (Å²) in [5, 5.41) is 7.23. The highest BCUT2D eigenvalue weighted by molar-refractivity contribution is 7.14. The summed E-state index contributed by atoms with van der Waals surface area (Å²) in [6.07, 6.45) is 1.21. The number of hydrogen-bond donors (Lipinski definition) is 2. The first kappa shape index (κ1) is 21.3. The highest BCUT2D eigenvalue weighted by atomic mass is 32.1. The van der Waals surface area contributed by atoms with Crippen LogP contribution in [0.25, 0.3) is 0 Å². The fraction of sp³-hybridized carbons (Fsp3) is 0.250. The standard InChI is InChI=1S/C20H20FN5O3S/c1-9-6-13(7-22-17(9)21)24-18(28)14-11(3)15(26(5)12(14)4)16(27)19(29)25-20-23-10(2)8-30-20/h6-8H,1-5H3,(H,24,28)(H,23,25,29). The van der Waals surface area contributed by atoms with E-state index < -0.39 is 23.5 Å². The quantitative estimate of drug-likeness (QED) is 0.368. The van der Waals surface area contributed by atoms with Gasteiger partial charge >= 0.3 is 0 Å². The number of hydrogen-bond acceptors (Lipinski definition) is 6. The number of anilines is 2. The molecule has 0 aromatic carbocycles. The number of ketones is 1. The maximum Gasteiger partial charge on any atom is 0.300 e. The summed E-state index contributed by atoms with van der Waals surface area (Å²) in [4.78, 5) is 45.8. The summed E-state index contributed by atoms with van der Waals surface area (Å²) in [6, 6.07) is 1.46. The molecule has 0 aliphatic carbocycles. The third-order valence-electron chi connectivity index (χ3n) is 4.69. The van der Waals surface area contributed by atoms with Crippen molar-refractivity contribution in [2.24, 2.45) is 7.05 Å². The van der Waals surface area contributed by atoms with E-state index in [0.29, 0.717) is 27.6 Å². The van der Waals surface area contributed by atoms with Crippen LogP contribution in [-0.2, 0) is 11.8 Å². The molecular weight excluding hydrogens is 409 g/mol. The van der Waals surface area contributed by atoms with Crippen molar-refractivity contribution in [3.63, 3.8) is 0 Å². The van der Waals surface area contributed by atoms with E-state index in [9.17, 15) is 18.8 Å². The molecule has 0 saturated heterocycles. The molecule has 0 aliphatic rings. The van der Waals surface area contributed by atoms with Gasteiger partial charge in [-0.3, -0.25) is 19.7 Å². The Morgan fingerprint density at radius 3 is 2.43 bits per heavy atom. The predicted octanol–water partition coefficient (Wildman–Crippen LogP) is 3.32. The number of halogens is 1. The summed E-state index contributed by atoms with van der Waals surface area (Å²) in [7, 11) is 1.61. The Labute approximate surface area is 176 Å². The zero-order chi connectivity index (χ0) is 22.2. The van der Waals surface area contributed by atoms with Gasteiger partial charge in [0.1, 0.15) is 0 Å². The van der Waals surface area contributed by atoms with Crippen molar-refractivity contribution in [2.45, 2.75) is 27.7 Å². The van der Waals surface area contributed by atoms with E-state index in [4.69, 9.17) is 0 Å². The minimum Gasteiger partial charge on any atom is -0.344 e. The van der Waals surface area contributed by atoms with Gasteiger partial charge in [0.15, 0.2) is 5.13 Å². The van der Waals surface area contributed by atoms with Gasteiger partial charge in [-0.1, -0.05) is 0 Å². The predicted molar refractivity (Wildman–Crippen MR) is 112 cm³/mol. The summed E-state index contributed by atoms with van der Waals surface area (Å²) in [5.74, 6) is -2.71. The smallest absolute Gasteiger partial charge is 0.300 e. The molecule has 0 unspecified atom stereocenters. The van der Waals surface area contributed by atoms with Crippen molar-refractivity contribution in [3.05, 3.63) is 57.4 Å². The molecule has 3 rings (SSSR count). The molecule has 2 amide bonds. The van der Waals surface area contributed by atoms with Gasteiger partial charge in [-0.2, -0.15) is 4.39 Å². The van der Waals surface area contributed by atoms with E-state index in [1.165, 1.54) is 35.1 Å². The minimum absolute atomic E-state index is 0.108. The first-order valence-electron chi connectivity index (χ1n) is 8.97. The van der Waals surface area contributed by atoms with E-state index >= 15 is 0 Å². The lowest BCUT2D eigenvalue weighted by molar-refractivity contribution is -0.112. The Morgan fingerprint density at radius 1 is 1.13 bits per heavy atom. The topological polar surface area (TPSA) is 106 Å². The van der Waals surface area contributed by atoms with Gasteiger partial charge in [0, 0.05) is 23.7 Å². The Bertz CT molecular complexity index is 1180. The number of carbonyl (C=O) groups excluding carboxylic acids is 3. The largest absolute Gasteiger partial charge is 0.344 e. The molecule has 3 aromatic rings. The molecule has 0 bridgehead atoms. The van der Waals surface area contributed by atoms with Gasteiger partial charge in [0.2, 0.25) is 5.95 Å². The number of thiazole rings is 1. The van der Waals surface area contributed by atoms with Crippen LogP contribution in [-0.4, -0.2) is 32.1 Å². The SMILES string of the molecule is Cc1csc(NC(=O)C(=O)c2c(C)c(C(=O)Nc3cnc(F)c(C)c3)c(C)n2C)n1. The molecule has 156 valence electrons. The second-order valence-electron chi connectivity index (χ2n) is 6.86. The number of Topliss-reactive ketones (excluding diaryl/α,β-unsaturated/α-hetero) is 1. The van der Waals surface area contributed by atoms with Crippen molar-refractivity contribution in [1.82, 2.24) is 14.5 Å². The average Bonchev–Trinajstić information content (AvgIpc) is 3.18. The average molecular weight is 429 g/mol. The van der Waals surface area contributed by atoms with Crippen LogP contribution in [0.5, 0.6) is 0 Å². The minimum atomic E-state index is -0.835. The van der Waals surface area contributed by atoms with Crippen molar-refractivity contribution >= 4 is 39.8 Å². The van der Waals surface area contributed by atoms with Crippen LogP contribution < -0.4 is 10.6 Å². The van der Waals surface area contributed by atoms with Crippen LogP contribution >= 0.6 is 11.3 Å². The van der Waals surface area contributed by atoms with Gasteiger partial charge in [0.25, 0.3) is 17.6 Å². The molecule has 0 fully saturated rings. The van der Waals surface area contributed by atoms with Gasteiger partial charge in [-0.25, -0.2) is 9.97 Å². The summed E-state index contributed by atoms with van der Waals surface area (Å²) in [6.45, 7) is 6.59. The van der Waals surface area contributed by atoms with Gasteiger partial charge in [-0.15, -0.1) is 11.3 Å². The van der Waals surface area contributed by atoms with E-state index in [1.807, 2.05) is 0 Å². The molecule has 0 spiro atoms. The second-order valence-corrected chi connectivity index (χ2v) is 7.71. The van der Waals surface area contributed by atoms with Crippen LogP contribution in [0.15, 0.2) is 17.6 Å². The van der Waals surface area contributed by atoms with E-state index in [0.717, 1.165) is 5.69 Å². The zero-order valence-electron chi connectivity index (χ0n) is 17.1. The Hall–Kier alpha value is -3.40. The van der Waals surface area contributed by atoms with E-state index in [2.05, 4.69) is 20.6 Å². The molecule has 0 aliphatic heterocycles. The number of nitrogens with zero attached hydrogens (tertiary/aromatic N) is 3. The summed E-state index contributed by atoms with van der Waals surface area (Å²) >= 11 is 1.22. The number of amides is 2. The van der Waals surface area contributed by atoms with Crippen molar-refractivity contribution < 1.29 is 18.8 Å². The lowest BCUT2D eigenvalue weighted by atomic mass is 10.1. The number of pyridine rings is 1. The van der Waals surface area contributed by atoms with E-state index in [-0.39, 0.29) is 11.3 Å². The van der Waals surface area contributed by atoms with Crippen LogP contribution in [0.1, 0.15) is 43.4 Å². The molecule has 0 radical (unpaired) electrons. The maximum atomic E-state index is 13.4. The third kappa shape index (κ3) is 3.99. The van der Waals surface area contributed by atoms with Gasteiger partial charge in [-0.05, 0) is 39.3 Å². The van der Waals surface area contributed by atoms with Gasteiger partial charge < -0.3 is 9.88 Å². The van der Waals surface area contributed by atoms with Crippen molar-refractivity contribution in [3.8, 4) is 0 Å². The molecule has 0 atom stereocenters. The number of aryl methyl sites for hydroxylation is 2. The fourth-order valence-corrected chi connectivity index (χ4v) is 3.81. The highest BCUT2D eigenvalue weighted by Crippen LogP contribution is 2.24. The van der Waals surface area contributed by atoms with Crippen LogP contribution in [0.4, 0.5) is 15.2 Å². The van der Waals surface area contributed by atoms with Crippen molar-refractivity contribution in [1.29, 1.82) is 0 Å². The lowest BCUT2D eigenvalue weighted by Gasteiger charge is -2.07. The first-order chi connectivity index (χ1) is 14.1. The number of rotatable bonds is 5. The van der Waals surface area contributed by atoms with Gasteiger partial charge in [0.05, 0.1) is 28.8 Å². The normalized spacial score (nSPS) is 10.7. The molecule has 0 saturated carbocycles. The molecule has 8 nitrogen and oxygen atoms in total. The zero-order valence-corrected chi connectivity index (χ0v) is 17.9. The Balaban J connectivity index is 1.88. The van der Waals surface area contributed by atoms with E-state index in [1.54, 1.807) is 33.2 Å². The number of nitrogens with one attached hydrogen (secondary N) is 2. The van der Waals surface area contributed by atoms with Crippen molar-refractivity contribution in [2.75, 3.05) is 10.6 Å². The number of carbonyl (C=O) groups is 3. The maximum absolute atomic E-state index is 13.4. The molecule has 2 N–H and O–H groups in total. The summed E-state index contributed by atoms with van der Waals surface area (Å²) < 4.78 is 14.9. The molecule has 3 aromatic heterocycles. The highest BCUT2D eigenvalue weighted by Gasteiger charge is 2.29. The van der Waals surface area contributed by atoms with Crippen LogP contribution in [0.3, 0.4) is 0 Å². The Morgan fingerprint density at radius 2 is 1.83 bits per heavy atom. The molecular formula is C20H20FN5O3S. The summed E-state index contributed by atoms with van der Waals surface area (Å²) in [5.41, 5.74) is 2.61. The first-order valence-corrected chi connectivity index (χ1v) is 9.85. The monoisotopic (exact) mass is 429 g/mol. The lowest BCUT2D eigenvalue weighted by Crippen LogP contribution is -2.25. The number of aromatic nitrogens is 3. The molecule has 3 heterocycles. The van der Waals surface area contributed by atoms with Crippen LogP contribution in [0, 0.1) is 33.6 Å².